The van der Waals surface area contributed by atoms with Crippen molar-refractivity contribution in [1.82, 2.24) is 26.6 Å². The molecular weight excluding hydrogens is 626 g/mol. The second-order valence-corrected chi connectivity index (χ2v) is 11.9. The van der Waals surface area contributed by atoms with Crippen LogP contribution in [0.5, 0.6) is 0 Å². The van der Waals surface area contributed by atoms with Crippen LogP contribution in [0.25, 0.3) is 0 Å². The molecule has 5 amide bonds. The van der Waals surface area contributed by atoms with Gasteiger partial charge in [0.15, 0.2) is 11.9 Å². The molecule has 0 aliphatic heterocycles. The van der Waals surface area contributed by atoms with Crippen LogP contribution in [0.15, 0.2) is 9.98 Å². The van der Waals surface area contributed by atoms with Gasteiger partial charge in [-0.15, -0.1) is 0 Å². The number of aliphatic carboxylic acids is 1. The molecule has 0 aromatic heterocycles. The molecule has 0 aromatic rings. The Balaban J connectivity index is 5.99. The molecule has 48 heavy (non-hydrogen) atoms. The number of carbonyl (C=O) groups is 6. The molecule has 0 spiro atoms. The Morgan fingerprint density at radius 2 is 1.19 bits per heavy atom. The molecule has 0 saturated heterocycles. The van der Waals surface area contributed by atoms with E-state index in [0.717, 1.165) is 12.8 Å². The van der Waals surface area contributed by atoms with E-state index in [-0.39, 0.29) is 43.8 Å². The van der Waals surface area contributed by atoms with Crippen LogP contribution in [-0.4, -0.2) is 96.3 Å². The molecule has 0 aromatic carbocycles. The summed E-state index contributed by atoms with van der Waals surface area (Å²) in [5, 5.41) is 22.6. The minimum Gasteiger partial charge on any atom is -0.481 e. The minimum atomic E-state index is -1.59. The third-order valence-corrected chi connectivity index (χ3v) is 7.43. The van der Waals surface area contributed by atoms with E-state index in [1.54, 1.807) is 13.8 Å². The number of amides is 5. The number of carbonyl (C=O) groups excluding carboxylic acids is 5. The second-order valence-electron chi connectivity index (χ2n) is 11.9. The molecule has 0 fully saturated rings. The zero-order valence-corrected chi connectivity index (χ0v) is 28.8. The molecule has 0 saturated carbocycles. The number of rotatable bonds is 24. The highest BCUT2D eigenvalue weighted by molar-refractivity contribution is 5.96. The maximum absolute atomic E-state index is 13.5. The van der Waals surface area contributed by atoms with E-state index >= 15 is 0 Å². The highest BCUT2D eigenvalue weighted by Gasteiger charge is 2.34. The first-order valence-corrected chi connectivity index (χ1v) is 16.3. The number of hydrogen-bond acceptors (Lipinski definition) is 8. The van der Waals surface area contributed by atoms with Gasteiger partial charge in [-0.3, -0.25) is 38.8 Å². The Kier molecular flexibility index (Phi) is 21.4. The molecule has 0 radical (unpaired) electrons. The summed E-state index contributed by atoms with van der Waals surface area (Å²) in [7, 11) is 0. The first-order chi connectivity index (χ1) is 22.5. The fourth-order valence-electron chi connectivity index (χ4n) is 4.66. The van der Waals surface area contributed by atoms with Crippen LogP contribution in [-0.2, 0) is 28.8 Å². The Morgan fingerprint density at radius 3 is 1.65 bits per heavy atom. The molecule has 0 unspecified atom stereocenters. The summed E-state index contributed by atoms with van der Waals surface area (Å²) in [6, 6.07) is -4.88. The molecule has 14 N–H and O–H groups in total. The van der Waals surface area contributed by atoms with E-state index in [2.05, 4.69) is 36.6 Å². The standard InChI is InChI=1S/C30H57N11O7/c1-6-10-17(3)16-37-25(45)20(11-8-13-35-29(31)32)39-27(47)22(15-23(43)44)40-28(48)24(18(4)7-2)41-26(46)21(38-19(5)42)12-9-14-36-30(33)34/h17-18,20-22,24H,6-16H2,1-5H3,(H,37,45)(H,38,42)(H,39,47)(H,40,48)(H,41,46)(H,43,44)(H4,31,32,35)(H4,33,34,36)/t17-,18-,20-,21-,22-,24-/m0/s1. The van der Waals surface area contributed by atoms with Crippen molar-refractivity contribution in [2.45, 2.75) is 110 Å². The van der Waals surface area contributed by atoms with Crippen molar-refractivity contribution in [1.29, 1.82) is 0 Å². The van der Waals surface area contributed by atoms with Crippen molar-refractivity contribution in [3.8, 4) is 0 Å². The van der Waals surface area contributed by atoms with Crippen LogP contribution < -0.4 is 49.5 Å². The van der Waals surface area contributed by atoms with Crippen molar-refractivity contribution in [3.05, 3.63) is 0 Å². The summed E-state index contributed by atoms with van der Waals surface area (Å²) in [6.07, 6.45) is 2.39. The second kappa shape index (κ2) is 23.6. The zero-order valence-electron chi connectivity index (χ0n) is 28.8. The predicted octanol–water partition coefficient (Wildman–Crippen LogP) is -1.87. The number of hydrogen-bond donors (Lipinski definition) is 10. The van der Waals surface area contributed by atoms with Gasteiger partial charge in [-0.05, 0) is 43.9 Å². The van der Waals surface area contributed by atoms with Crippen molar-refractivity contribution < 1.29 is 33.9 Å². The van der Waals surface area contributed by atoms with Gasteiger partial charge in [-0.2, -0.15) is 0 Å². The molecule has 18 heteroatoms. The number of carboxylic acids is 1. The molecule has 0 bridgehead atoms. The van der Waals surface area contributed by atoms with Crippen LogP contribution in [0.1, 0.15) is 86.0 Å². The van der Waals surface area contributed by atoms with Crippen LogP contribution in [0.2, 0.25) is 0 Å². The van der Waals surface area contributed by atoms with E-state index in [9.17, 15) is 33.9 Å². The van der Waals surface area contributed by atoms with Gasteiger partial charge in [0.1, 0.15) is 24.2 Å². The first-order valence-electron chi connectivity index (χ1n) is 16.3. The van der Waals surface area contributed by atoms with E-state index in [1.165, 1.54) is 6.92 Å². The smallest absolute Gasteiger partial charge is 0.305 e. The highest BCUT2D eigenvalue weighted by Crippen LogP contribution is 2.11. The lowest BCUT2D eigenvalue weighted by atomic mass is 9.96. The maximum Gasteiger partial charge on any atom is 0.305 e. The average molecular weight is 684 g/mol. The predicted molar refractivity (Wildman–Crippen MR) is 182 cm³/mol. The Hall–Kier alpha value is -4.64. The fourth-order valence-corrected chi connectivity index (χ4v) is 4.66. The number of nitrogens with zero attached hydrogens (tertiary/aromatic N) is 2. The lowest BCUT2D eigenvalue weighted by molar-refractivity contribution is -0.141. The third-order valence-electron chi connectivity index (χ3n) is 7.43. The summed E-state index contributed by atoms with van der Waals surface area (Å²) >= 11 is 0. The normalized spacial score (nSPS) is 14.4. The van der Waals surface area contributed by atoms with Gasteiger partial charge >= 0.3 is 5.97 Å². The molecule has 0 rings (SSSR count). The van der Waals surface area contributed by atoms with Crippen LogP contribution in [0.4, 0.5) is 0 Å². The highest BCUT2D eigenvalue weighted by atomic mass is 16.4. The van der Waals surface area contributed by atoms with Gasteiger partial charge in [-0.1, -0.05) is 40.5 Å². The number of carboxylic acid groups (broad SMARTS) is 1. The minimum absolute atomic E-state index is 0.122. The Morgan fingerprint density at radius 1 is 0.688 bits per heavy atom. The van der Waals surface area contributed by atoms with Gasteiger partial charge in [0.25, 0.3) is 0 Å². The monoisotopic (exact) mass is 683 g/mol. The van der Waals surface area contributed by atoms with Crippen molar-refractivity contribution in [2.24, 2.45) is 44.8 Å². The quantitative estimate of drug-likeness (QED) is 0.0305. The lowest BCUT2D eigenvalue weighted by Crippen LogP contribution is -2.60. The zero-order chi connectivity index (χ0) is 36.8. The molecule has 274 valence electrons. The molecule has 0 aliphatic carbocycles. The Labute approximate surface area is 282 Å². The van der Waals surface area contributed by atoms with Gasteiger partial charge in [0.2, 0.25) is 29.5 Å². The fraction of sp³-hybridized carbons (Fsp3) is 0.733. The summed E-state index contributed by atoms with van der Waals surface area (Å²) in [5.74, 6) is -5.24. The van der Waals surface area contributed by atoms with Crippen molar-refractivity contribution in [2.75, 3.05) is 19.6 Å². The van der Waals surface area contributed by atoms with E-state index < -0.39 is 72.0 Å². The summed E-state index contributed by atoms with van der Waals surface area (Å²) in [6.45, 7) is 9.48. The van der Waals surface area contributed by atoms with Crippen LogP contribution >= 0.6 is 0 Å². The van der Waals surface area contributed by atoms with Gasteiger partial charge in [0, 0.05) is 26.6 Å². The molecule has 0 heterocycles. The van der Waals surface area contributed by atoms with Gasteiger partial charge in [0.05, 0.1) is 6.42 Å². The topological polar surface area (TPSA) is 312 Å². The largest absolute Gasteiger partial charge is 0.481 e. The Bertz CT molecular complexity index is 1120. The lowest BCUT2D eigenvalue weighted by Gasteiger charge is -2.28. The van der Waals surface area contributed by atoms with E-state index in [1.807, 2.05) is 13.8 Å². The number of nitrogens with two attached hydrogens (primary N) is 4. The average Bonchev–Trinajstić information content (AvgIpc) is 2.99. The van der Waals surface area contributed by atoms with Crippen molar-refractivity contribution in [3.63, 3.8) is 0 Å². The summed E-state index contributed by atoms with van der Waals surface area (Å²) in [5.41, 5.74) is 21.4. The van der Waals surface area contributed by atoms with E-state index in [0.29, 0.717) is 25.8 Å². The van der Waals surface area contributed by atoms with Gasteiger partial charge < -0.3 is 54.6 Å². The molecule has 18 nitrogen and oxygen atoms in total. The van der Waals surface area contributed by atoms with Crippen molar-refractivity contribution >= 4 is 47.4 Å². The first kappa shape index (κ1) is 43.4. The molecular formula is C30H57N11O7. The molecule has 6 atom stereocenters. The third kappa shape index (κ3) is 19.1. The SMILES string of the molecule is CCC[C@H](C)CNC(=O)[C@H](CCCN=C(N)N)NC(=O)[C@H](CC(=O)O)NC(=O)[C@@H](NC(=O)[C@H](CCCN=C(N)N)NC(C)=O)[C@@H](C)CC. The van der Waals surface area contributed by atoms with Crippen LogP contribution in [0.3, 0.4) is 0 Å². The summed E-state index contributed by atoms with van der Waals surface area (Å²) < 4.78 is 0. The summed E-state index contributed by atoms with van der Waals surface area (Å²) in [4.78, 5) is 84.6. The van der Waals surface area contributed by atoms with Gasteiger partial charge in [-0.25, -0.2) is 0 Å². The number of aliphatic imine (C=N–C) groups is 2. The van der Waals surface area contributed by atoms with E-state index in [4.69, 9.17) is 22.9 Å². The number of guanidine groups is 2. The maximum atomic E-state index is 13.5. The molecule has 0 aliphatic rings. The van der Waals surface area contributed by atoms with Crippen LogP contribution in [0, 0.1) is 11.8 Å². The number of nitrogens with one attached hydrogen (secondary N) is 5.